The van der Waals surface area contributed by atoms with Crippen LogP contribution in [0.15, 0.2) is 47.6 Å². The second-order valence-electron chi connectivity index (χ2n) is 11.4. The van der Waals surface area contributed by atoms with Crippen molar-refractivity contribution in [3.05, 3.63) is 47.6 Å². The van der Waals surface area contributed by atoms with Crippen molar-refractivity contribution in [2.24, 2.45) is 29.1 Å². The van der Waals surface area contributed by atoms with E-state index in [2.05, 4.69) is 51.7 Å². The lowest BCUT2D eigenvalue weighted by Gasteiger charge is -2.44. The molecule has 0 aromatic heterocycles. The van der Waals surface area contributed by atoms with E-state index in [-0.39, 0.29) is 5.92 Å². The van der Waals surface area contributed by atoms with E-state index in [1.165, 1.54) is 31.3 Å². The third kappa shape index (κ3) is 5.26. The molecule has 0 heterocycles. The molecule has 3 fully saturated rings. The molecule has 31 heavy (non-hydrogen) atoms. The largest absolute Gasteiger partial charge is 0.393 e. The van der Waals surface area contributed by atoms with Gasteiger partial charge in [-0.3, -0.25) is 0 Å². The number of hydrogen-bond donors (Lipinski definition) is 3. The first-order valence-corrected chi connectivity index (χ1v) is 12.3. The average Bonchev–Trinajstić information content (AvgIpc) is 3.04. The summed E-state index contributed by atoms with van der Waals surface area (Å²) in [7, 11) is 0. The fourth-order valence-electron chi connectivity index (χ4n) is 6.32. The van der Waals surface area contributed by atoms with Crippen LogP contribution < -0.4 is 0 Å². The zero-order valence-corrected chi connectivity index (χ0v) is 20.3. The van der Waals surface area contributed by atoms with Gasteiger partial charge >= 0.3 is 0 Å². The van der Waals surface area contributed by atoms with Gasteiger partial charge in [-0.2, -0.15) is 0 Å². The zero-order chi connectivity index (χ0) is 23.0. The van der Waals surface area contributed by atoms with Crippen LogP contribution in [0, 0.1) is 29.1 Å². The lowest BCUT2D eigenvalue weighted by Crippen LogP contribution is -2.35. The molecule has 3 aliphatic carbocycles. The molecule has 0 aliphatic heterocycles. The monoisotopic (exact) mass is 428 g/mol. The van der Waals surface area contributed by atoms with Gasteiger partial charge in [-0.15, -0.1) is 0 Å². The van der Waals surface area contributed by atoms with Crippen molar-refractivity contribution in [3.63, 3.8) is 0 Å². The summed E-state index contributed by atoms with van der Waals surface area (Å²) in [5, 5.41) is 30.4. The highest BCUT2D eigenvalue weighted by molar-refractivity contribution is 5.38. The van der Waals surface area contributed by atoms with Gasteiger partial charge in [-0.05, 0) is 86.7 Å². The topological polar surface area (TPSA) is 60.7 Å². The van der Waals surface area contributed by atoms with E-state index in [0.717, 1.165) is 17.6 Å². The number of rotatable bonds is 5. The number of allylic oxidation sites excluding steroid dienone is 4. The van der Waals surface area contributed by atoms with Crippen molar-refractivity contribution in [2.75, 3.05) is 0 Å². The van der Waals surface area contributed by atoms with Gasteiger partial charge in [-0.1, -0.05) is 57.2 Å². The maximum atomic E-state index is 10.3. The standard InChI is InChI=1S/C28H44O3/c1-18(9-10-19(2)27(4,5)31)24-13-14-25-21(8-7-15-28(24,25)6)11-12-22-16-23(29)17-26(30)20(22)3/h9-12,18-19,23-26,29-31H,3,7-8,13-17H2,1-2,4-6H3/b10-9+,21-11+,22-12-/t18-,19+,23-,24?,25?,26?,28?/m0/s1. The molecule has 0 aromatic carbocycles. The molecule has 4 unspecified atom stereocenters. The van der Waals surface area contributed by atoms with E-state index in [1.807, 2.05) is 13.8 Å². The molecule has 0 amide bonds. The summed E-state index contributed by atoms with van der Waals surface area (Å²) in [5.41, 5.74) is 2.93. The van der Waals surface area contributed by atoms with Gasteiger partial charge in [-0.25, -0.2) is 0 Å². The molecule has 0 saturated heterocycles. The first kappa shape index (κ1) is 24.5. The minimum atomic E-state index is -0.684. The van der Waals surface area contributed by atoms with Crippen LogP contribution in [-0.4, -0.2) is 33.1 Å². The smallest absolute Gasteiger partial charge is 0.0811 e. The maximum absolute atomic E-state index is 10.3. The lowest BCUT2D eigenvalue weighted by atomic mass is 9.61. The van der Waals surface area contributed by atoms with Crippen molar-refractivity contribution in [2.45, 2.75) is 97.4 Å². The van der Waals surface area contributed by atoms with E-state index in [1.54, 1.807) is 0 Å². The molecule has 3 N–H and O–H groups in total. The second-order valence-corrected chi connectivity index (χ2v) is 11.4. The molecule has 0 aromatic rings. The van der Waals surface area contributed by atoms with Crippen LogP contribution in [-0.2, 0) is 0 Å². The highest BCUT2D eigenvalue weighted by Crippen LogP contribution is 2.59. The Bertz CT molecular complexity index is 753. The summed E-state index contributed by atoms with van der Waals surface area (Å²) in [6.45, 7) is 14.7. The molecule has 7 atom stereocenters. The predicted octanol–water partition coefficient (Wildman–Crippen LogP) is 5.73. The molecule has 0 radical (unpaired) electrons. The van der Waals surface area contributed by atoms with E-state index < -0.39 is 17.8 Å². The van der Waals surface area contributed by atoms with Crippen molar-refractivity contribution in [1.82, 2.24) is 0 Å². The Morgan fingerprint density at radius 2 is 1.84 bits per heavy atom. The Labute approximate surface area is 189 Å². The number of hydrogen-bond acceptors (Lipinski definition) is 3. The predicted molar refractivity (Wildman–Crippen MR) is 128 cm³/mol. The average molecular weight is 429 g/mol. The molecule has 3 nitrogen and oxygen atoms in total. The number of fused-ring (bicyclic) bond motifs is 1. The minimum absolute atomic E-state index is 0.141. The Morgan fingerprint density at radius 3 is 2.52 bits per heavy atom. The molecule has 0 spiro atoms. The number of aliphatic hydroxyl groups is 3. The Balaban J connectivity index is 1.76. The fourth-order valence-corrected chi connectivity index (χ4v) is 6.32. The van der Waals surface area contributed by atoms with Crippen LogP contribution in [0.25, 0.3) is 0 Å². The molecule has 174 valence electrons. The molecule has 3 rings (SSSR count). The Hall–Kier alpha value is -1.16. The van der Waals surface area contributed by atoms with Crippen LogP contribution in [0.2, 0.25) is 0 Å². The summed E-state index contributed by atoms with van der Waals surface area (Å²) >= 11 is 0. The number of aliphatic hydroxyl groups excluding tert-OH is 2. The summed E-state index contributed by atoms with van der Waals surface area (Å²) in [6.07, 6.45) is 15.0. The highest BCUT2D eigenvalue weighted by atomic mass is 16.3. The first-order valence-electron chi connectivity index (χ1n) is 12.3. The molecule has 3 saturated carbocycles. The molecular weight excluding hydrogens is 384 g/mol. The van der Waals surface area contributed by atoms with Gasteiger partial charge in [0.15, 0.2) is 0 Å². The third-order valence-electron chi connectivity index (χ3n) is 8.75. The normalized spacial score (nSPS) is 39.3. The van der Waals surface area contributed by atoms with Crippen LogP contribution in [0.3, 0.4) is 0 Å². The quantitative estimate of drug-likeness (QED) is 0.490. The van der Waals surface area contributed by atoms with Crippen LogP contribution in [0.1, 0.15) is 79.6 Å². The zero-order valence-electron chi connectivity index (χ0n) is 20.3. The molecule has 3 aliphatic rings. The minimum Gasteiger partial charge on any atom is -0.393 e. The van der Waals surface area contributed by atoms with Crippen molar-refractivity contribution >= 4 is 0 Å². The van der Waals surface area contributed by atoms with E-state index in [9.17, 15) is 15.3 Å². The fraction of sp³-hybridized carbons (Fsp3) is 0.714. The summed E-state index contributed by atoms with van der Waals surface area (Å²) in [4.78, 5) is 0. The molecule has 0 bridgehead atoms. The van der Waals surface area contributed by atoms with Crippen LogP contribution >= 0.6 is 0 Å². The Kier molecular flexibility index (Phi) is 7.40. The van der Waals surface area contributed by atoms with E-state index in [4.69, 9.17) is 0 Å². The van der Waals surface area contributed by atoms with E-state index >= 15 is 0 Å². The Morgan fingerprint density at radius 1 is 1.13 bits per heavy atom. The summed E-state index contributed by atoms with van der Waals surface area (Å²) in [6, 6.07) is 0. The first-order chi connectivity index (χ1) is 14.4. The highest BCUT2D eigenvalue weighted by Gasteiger charge is 2.50. The van der Waals surface area contributed by atoms with Crippen LogP contribution in [0.5, 0.6) is 0 Å². The third-order valence-corrected chi connectivity index (χ3v) is 8.75. The molecular formula is C28H44O3. The lowest BCUT2D eigenvalue weighted by molar-refractivity contribution is 0.0436. The maximum Gasteiger partial charge on any atom is 0.0811 e. The second kappa shape index (κ2) is 9.37. The van der Waals surface area contributed by atoms with Gasteiger partial charge in [0, 0.05) is 12.3 Å². The SMILES string of the molecule is C=C1/C(=C\C=C2/CCCC3(C)C2CCC3[C@@H](C)/C=C/[C@@H](C)C(C)(C)O)C[C@H](O)CC1O. The van der Waals surface area contributed by atoms with Crippen molar-refractivity contribution in [3.8, 4) is 0 Å². The van der Waals surface area contributed by atoms with Crippen molar-refractivity contribution in [1.29, 1.82) is 0 Å². The van der Waals surface area contributed by atoms with E-state index in [0.29, 0.717) is 36.0 Å². The van der Waals surface area contributed by atoms with Gasteiger partial charge in [0.25, 0.3) is 0 Å². The van der Waals surface area contributed by atoms with Gasteiger partial charge in [0.2, 0.25) is 0 Å². The van der Waals surface area contributed by atoms with Gasteiger partial charge in [0.05, 0.1) is 17.8 Å². The van der Waals surface area contributed by atoms with Gasteiger partial charge < -0.3 is 15.3 Å². The summed E-state index contributed by atoms with van der Waals surface area (Å²) < 4.78 is 0. The van der Waals surface area contributed by atoms with Crippen LogP contribution in [0.4, 0.5) is 0 Å². The van der Waals surface area contributed by atoms with Crippen molar-refractivity contribution < 1.29 is 15.3 Å². The van der Waals surface area contributed by atoms with Gasteiger partial charge in [0.1, 0.15) is 0 Å². The summed E-state index contributed by atoms with van der Waals surface area (Å²) in [5.74, 6) is 1.91. The molecule has 3 heteroatoms.